The third kappa shape index (κ3) is 2.41. The van der Waals surface area contributed by atoms with Gasteiger partial charge in [0, 0.05) is 31.9 Å². The first-order valence-corrected chi connectivity index (χ1v) is 6.65. The topological polar surface area (TPSA) is 50.2 Å². The maximum atomic E-state index is 12.6. The van der Waals surface area contributed by atoms with E-state index in [1.807, 2.05) is 25.8 Å². The lowest BCUT2D eigenvalue weighted by Gasteiger charge is -2.33. The van der Waals surface area contributed by atoms with E-state index in [-0.39, 0.29) is 5.91 Å². The van der Waals surface area contributed by atoms with Gasteiger partial charge in [-0.25, -0.2) is 0 Å². The highest BCUT2D eigenvalue weighted by Gasteiger charge is 2.26. The maximum absolute atomic E-state index is 12.6. The number of piperidine rings is 1. The standard InChI is InChI=1S/C13H22N4O/c1-4-17(11-6-5-7-14-8-11)13(18)12-9-15-16(3)10(12)2/h9,11,14H,4-8H2,1-3H3. The molecule has 0 bridgehead atoms. The third-order valence-corrected chi connectivity index (χ3v) is 3.78. The van der Waals surface area contributed by atoms with Crippen molar-refractivity contribution in [2.24, 2.45) is 7.05 Å². The van der Waals surface area contributed by atoms with Crippen molar-refractivity contribution in [2.75, 3.05) is 19.6 Å². The molecule has 100 valence electrons. The van der Waals surface area contributed by atoms with Gasteiger partial charge in [0.05, 0.1) is 11.8 Å². The summed E-state index contributed by atoms with van der Waals surface area (Å²) in [5.74, 6) is 0.108. The van der Waals surface area contributed by atoms with Gasteiger partial charge in [0.25, 0.3) is 5.91 Å². The van der Waals surface area contributed by atoms with Gasteiger partial charge < -0.3 is 10.2 Å². The van der Waals surface area contributed by atoms with Gasteiger partial charge in [-0.15, -0.1) is 0 Å². The van der Waals surface area contributed by atoms with Gasteiger partial charge >= 0.3 is 0 Å². The summed E-state index contributed by atoms with van der Waals surface area (Å²) in [6, 6.07) is 0.316. The molecule has 5 heteroatoms. The lowest BCUT2D eigenvalue weighted by molar-refractivity contribution is 0.0661. The number of carbonyl (C=O) groups excluding carboxylic acids is 1. The maximum Gasteiger partial charge on any atom is 0.257 e. The Bertz CT molecular complexity index is 421. The van der Waals surface area contributed by atoms with E-state index in [9.17, 15) is 4.79 Å². The minimum atomic E-state index is 0.108. The van der Waals surface area contributed by atoms with E-state index in [1.54, 1.807) is 10.9 Å². The molecule has 1 unspecified atom stereocenters. The van der Waals surface area contributed by atoms with Crippen molar-refractivity contribution in [1.29, 1.82) is 0 Å². The average molecular weight is 250 g/mol. The molecule has 0 radical (unpaired) electrons. The smallest absolute Gasteiger partial charge is 0.257 e. The number of carbonyl (C=O) groups is 1. The molecule has 1 aliphatic rings. The van der Waals surface area contributed by atoms with Crippen LogP contribution in [0.4, 0.5) is 0 Å². The Hall–Kier alpha value is -1.36. The normalized spacial score (nSPS) is 19.8. The number of likely N-dealkylation sites (N-methyl/N-ethyl adjacent to an activating group) is 1. The van der Waals surface area contributed by atoms with Crippen molar-refractivity contribution in [2.45, 2.75) is 32.7 Å². The molecule has 18 heavy (non-hydrogen) atoms. The number of amides is 1. The number of hydrogen-bond donors (Lipinski definition) is 1. The Morgan fingerprint density at radius 1 is 1.67 bits per heavy atom. The number of aryl methyl sites for hydroxylation is 1. The van der Waals surface area contributed by atoms with Gasteiger partial charge in [0.15, 0.2) is 0 Å². The summed E-state index contributed by atoms with van der Waals surface area (Å²) in [5.41, 5.74) is 1.66. The van der Waals surface area contributed by atoms with E-state index in [0.717, 1.165) is 43.7 Å². The fourth-order valence-corrected chi connectivity index (χ4v) is 2.53. The molecule has 1 N–H and O–H groups in total. The predicted octanol–water partition coefficient (Wildman–Crippen LogP) is 0.943. The summed E-state index contributed by atoms with van der Waals surface area (Å²) < 4.78 is 1.75. The summed E-state index contributed by atoms with van der Waals surface area (Å²) in [4.78, 5) is 14.5. The van der Waals surface area contributed by atoms with Gasteiger partial charge in [-0.3, -0.25) is 9.48 Å². The Morgan fingerprint density at radius 3 is 2.94 bits per heavy atom. The fourth-order valence-electron chi connectivity index (χ4n) is 2.53. The van der Waals surface area contributed by atoms with Crippen LogP contribution in [0.15, 0.2) is 6.20 Å². The number of aromatic nitrogens is 2. The lowest BCUT2D eigenvalue weighted by Crippen LogP contribution is -2.48. The molecular formula is C13H22N4O. The van der Waals surface area contributed by atoms with Crippen molar-refractivity contribution in [1.82, 2.24) is 20.0 Å². The van der Waals surface area contributed by atoms with Gasteiger partial charge in [-0.2, -0.15) is 5.10 Å². The van der Waals surface area contributed by atoms with Gasteiger partial charge in [0.1, 0.15) is 0 Å². The second-order valence-corrected chi connectivity index (χ2v) is 4.86. The molecule has 2 rings (SSSR count). The Kier molecular flexibility index (Phi) is 4.01. The fraction of sp³-hybridized carbons (Fsp3) is 0.692. The zero-order valence-corrected chi connectivity index (χ0v) is 11.4. The van der Waals surface area contributed by atoms with E-state index in [0.29, 0.717) is 6.04 Å². The monoisotopic (exact) mass is 250 g/mol. The predicted molar refractivity (Wildman–Crippen MR) is 70.5 cm³/mol. The first-order valence-electron chi connectivity index (χ1n) is 6.65. The van der Waals surface area contributed by atoms with Crippen molar-refractivity contribution in [3.8, 4) is 0 Å². The summed E-state index contributed by atoms with van der Waals surface area (Å²) in [6.45, 7) is 6.69. The molecule has 1 atom stereocenters. The van der Waals surface area contributed by atoms with Crippen LogP contribution in [0.2, 0.25) is 0 Å². The van der Waals surface area contributed by atoms with Crippen LogP contribution in [-0.4, -0.2) is 46.3 Å². The van der Waals surface area contributed by atoms with Crippen LogP contribution in [0, 0.1) is 6.92 Å². The first-order chi connectivity index (χ1) is 8.65. The molecule has 0 spiro atoms. The Labute approximate surface area is 108 Å². The van der Waals surface area contributed by atoms with Crippen molar-refractivity contribution in [3.63, 3.8) is 0 Å². The number of nitrogens with one attached hydrogen (secondary N) is 1. The lowest BCUT2D eigenvalue weighted by atomic mass is 10.0. The molecule has 1 aromatic rings. The van der Waals surface area contributed by atoms with Crippen molar-refractivity contribution >= 4 is 5.91 Å². The highest BCUT2D eigenvalue weighted by molar-refractivity contribution is 5.95. The quantitative estimate of drug-likeness (QED) is 0.868. The molecule has 1 saturated heterocycles. The zero-order chi connectivity index (χ0) is 13.1. The molecule has 2 heterocycles. The van der Waals surface area contributed by atoms with Crippen LogP contribution in [0.25, 0.3) is 0 Å². The largest absolute Gasteiger partial charge is 0.335 e. The van der Waals surface area contributed by atoms with Crippen LogP contribution >= 0.6 is 0 Å². The molecule has 1 fully saturated rings. The molecule has 0 aliphatic carbocycles. The second kappa shape index (κ2) is 5.52. The first kappa shape index (κ1) is 13.1. The molecule has 5 nitrogen and oxygen atoms in total. The van der Waals surface area contributed by atoms with Gasteiger partial charge in [-0.05, 0) is 33.2 Å². The average Bonchev–Trinajstić information content (AvgIpc) is 2.72. The molecule has 0 saturated carbocycles. The summed E-state index contributed by atoms with van der Waals surface area (Å²) in [6.07, 6.45) is 3.91. The van der Waals surface area contributed by atoms with Crippen molar-refractivity contribution in [3.05, 3.63) is 17.5 Å². The Balaban J connectivity index is 2.16. The second-order valence-electron chi connectivity index (χ2n) is 4.86. The number of rotatable bonds is 3. The minimum absolute atomic E-state index is 0.108. The summed E-state index contributed by atoms with van der Waals surface area (Å²) in [7, 11) is 1.87. The highest BCUT2D eigenvalue weighted by Crippen LogP contribution is 2.16. The van der Waals surface area contributed by atoms with Crippen LogP contribution < -0.4 is 5.32 Å². The van der Waals surface area contributed by atoms with Crippen LogP contribution in [0.5, 0.6) is 0 Å². The van der Waals surface area contributed by atoms with Gasteiger partial charge in [0.2, 0.25) is 0 Å². The SMILES string of the molecule is CCN(C(=O)c1cnn(C)c1C)C1CCCNC1. The Morgan fingerprint density at radius 2 is 2.44 bits per heavy atom. The molecule has 1 aliphatic heterocycles. The number of hydrogen-bond acceptors (Lipinski definition) is 3. The summed E-state index contributed by atoms with van der Waals surface area (Å²) >= 11 is 0. The minimum Gasteiger partial charge on any atom is -0.335 e. The van der Waals surface area contributed by atoms with Gasteiger partial charge in [-0.1, -0.05) is 0 Å². The van der Waals surface area contributed by atoms with E-state index in [4.69, 9.17) is 0 Å². The van der Waals surface area contributed by atoms with Crippen molar-refractivity contribution < 1.29 is 4.79 Å². The highest BCUT2D eigenvalue weighted by atomic mass is 16.2. The molecule has 1 aromatic heterocycles. The van der Waals surface area contributed by atoms with Crippen LogP contribution in [0.1, 0.15) is 35.8 Å². The molecule has 0 aromatic carbocycles. The molecular weight excluding hydrogens is 228 g/mol. The van der Waals surface area contributed by atoms with Crippen LogP contribution in [-0.2, 0) is 7.05 Å². The zero-order valence-electron chi connectivity index (χ0n) is 11.4. The van der Waals surface area contributed by atoms with E-state index < -0.39 is 0 Å². The third-order valence-electron chi connectivity index (χ3n) is 3.78. The van der Waals surface area contributed by atoms with E-state index >= 15 is 0 Å². The summed E-state index contributed by atoms with van der Waals surface area (Å²) in [5, 5.41) is 7.51. The number of nitrogens with zero attached hydrogens (tertiary/aromatic N) is 3. The molecule has 1 amide bonds. The van der Waals surface area contributed by atoms with E-state index in [2.05, 4.69) is 10.4 Å². The van der Waals surface area contributed by atoms with E-state index in [1.165, 1.54) is 0 Å². The van der Waals surface area contributed by atoms with Crippen LogP contribution in [0.3, 0.4) is 0 Å².